The van der Waals surface area contributed by atoms with Crippen LogP contribution in [0.4, 0.5) is 11.6 Å². The fraction of sp³-hybridized carbons (Fsp3) is 0.435. The van der Waals surface area contributed by atoms with Crippen molar-refractivity contribution < 1.29 is 4.79 Å². The molecule has 0 aromatic carbocycles. The standard InChI is InChI=1S/C23H26N8O/c1-15(32)20-12-27-22(13-26-20)30-7-5-29(6-8-30)21-4-3-19-16(11-24)14-31(23(19)28-21)18-9-17(10-18)25-2/h3-4,12-14,17-18,25H,5-10H2,1-2H3/t17-,18-. The molecule has 0 bridgehead atoms. The van der Waals surface area contributed by atoms with Crippen LogP contribution in [0.15, 0.2) is 30.7 Å². The molecule has 0 amide bonds. The highest BCUT2D eigenvalue weighted by molar-refractivity contribution is 5.91. The molecular weight excluding hydrogens is 404 g/mol. The summed E-state index contributed by atoms with van der Waals surface area (Å²) in [5.74, 6) is 1.64. The van der Waals surface area contributed by atoms with Crippen molar-refractivity contribution in [3.05, 3.63) is 42.0 Å². The number of rotatable bonds is 5. The van der Waals surface area contributed by atoms with Crippen molar-refractivity contribution in [2.45, 2.75) is 31.8 Å². The first-order chi connectivity index (χ1) is 15.6. The van der Waals surface area contributed by atoms with Gasteiger partial charge in [-0.15, -0.1) is 0 Å². The van der Waals surface area contributed by atoms with Gasteiger partial charge in [0.15, 0.2) is 5.78 Å². The van der Waals surface area contributed by atoms with Gasteiger partial charge in [-0.1, -0.05) is 0 Å². The van der Waals surface area contributed by atoms with Gasteiger partial charge >= 0.3 is 0 Å². The summed E-state index contributed by atoms with van der Waals surface area (Å²) in [5.41, 5.74) is 1.97. The van der Waals surface area contributed by atoms with Crippen molar-refractivity contribution in [1.82, 2.24) is 24.8 Å². The molecule has 3 aromatic rings. The number of nitriles is 1. The second-order valence-corrected chi connectivity index (χ2v) is 8.50. The van der Waals surface area contributed by atoms with Crippen LogP contribution in [0.5, 0.6) is 0 Å². The minimum absolute atomic E-state index is 0.0805. The van der Waals surface area contributed by atoms with Crippen molar-refractivity contribution in [3.8, 4) is 6.07 Å². The maximum absolute atomic E-state index is 11.4. The van der Waals surface area contributed by atoms with Crippen LogP contribution in [0.1, 0.15) is 41.9 Å². The zero-order chi connectivity index (χ0) is 22.2. The Morgan fingerprint density at radius 3 is 2.41 bits per heavy atom. The lowest BCUT2D eigenvalue weighted by atomic mass is 9.87. The molecule has 2 aliphatic rings. The molecule has 5 rings (SSSR count). The predicted molar refractivity (Wildman–Crippen MR) is 122 cm³/mol. The minimum atomic E-state index is -0.0805. The largest absolute Gasteiger partial charge is 0.353 e. The molecule has 3 aromatic heterocycles. The van der Waals surface area contributed by atoms with E-state index in [1.807, 2.05) is 25.4 Å². The lowest BCUT2D eigenvalue weighted by Gasteiger charge is -2.37. The van der Waals surface area contributed by atoms with E-state index in [2.05, 4.69) is 35.7 Å². The number of nitrogens with one attached hydrogen (secondary N) is 1. The monoisotopic (exact) mass is 430 g/mol. The summed E-state index contributed by atoms with van der Waals surface area (Å²) in [6, 6.07) is 7.28. The highest BCUT2D eigenvalue weighted by Crippen LogP contribution is 2.36. The Bertz CT molecular complexity index is 1180. The van der Waals surface area contributed by atoms with Crippen LogP contribution in [-0.4, -0.2) is 64.6 Å². The quantitative estimate of drug-likeness (QED) is 0.614. The van der Waals surface area contributed by atoms with Crippen molar-refractivity contribution in [1.29, 1.82) is 5.26 Å². The van der Waals surface area contributed by atoms with E-state index in [-0.39, 0.29) is 5.78 Å². The Labute approximate surface area is 186 Å². The van der Waals surface area contributed by atoms with Crippen LogP contribution < -0.4 is 15.1 Å². The van der Waals surface area contributed by atoms with Gasteiger partial charge in [0.1, 0.15) is 29.0 Å². The second kappa shape index (κ2) is 8.20. The third-order valence-corrected chi connectivity index (χ3v) is 6.63. The van der Waals surface area contributed by atoms with Crippen LogP contribution in [0.25, 0.3) is 11.0 Å². The van der Waals surface area contributed by atoms with Gasteiger partial charge in [-0.3, -0.25) is 4.79 Å². The Morgan fingerprint density at radius 1 is 1.09 bits per heavy atom. The summed E-state index contributed by atoms with van der Waals surface area (Å²) in [6.07, 6.45) is 7.28. The molecule has 0 unspecified atom stereocenters. The van der Waals surface area contributed by atoms with Crippen molar-refractivity contribution in [3.63, 3.8) is 0 Å². The fourth-order valence-electron chi connectivity index (χ4n) is 4.54. The predicted octanol–water partition coefficient (Wildman–Crippen LogP) is 2.15. The molecule has 1 saturated carbocycles. The van der Waals surface area contributed by atoms with Gasteiger partial charge in [-0.2, -0.15) is 5.26 Å². The molecule has 1 aliphatic heterocycles. The number of fused-ring (bicyclic) bond motifs is 1. The van der Waals surface area contributed by atoms with Crippen LogP contribution in [0, 0.1) is 11.3 Å². The molecule has 0 spiro atoms. The zero-order valence-electron chi connectivity index (χ0n) is 18.3. The first-order valence-corrected chi connectivity index (χ1v) is 11.0. The maximum atomic E-state index is 11.4. The number of anilines is 2. The summed E-state index contributed by atoms with van der Waals surface area (Å²) >= 11 is 0. The molecule has 9 heteroatoms. The van der Waals surface area contributed by atoms with E-state index in [1.165, 1.54) is 6.92 Å². The summed E-state index contributed by atoms with van der Waals surface area (Å²) in [7, 11) is 1.99. The zero-order valence-corrected chi connectivity index (χ0v) is 18.3. The van der Waals surface area contributed by atoms with Gasteiger partial charge in [-0.25, -0.2) is 15.0 Å². The van der Waals surface area contributed by atoms with E-state index in [0.29, 0.717) is 23.3 Å². The summed E-state index contributed by atoms with van der Waals surface area (Å²) in [6.45, 7) is 4.71. The summed E-state index contributed by atoms with van der Waals surface area (Å²) in [5, 5.41) is 13.8. The minimum Gasteiger partial charge on any atom is -0.353 e. The number of aromatic nitrogens is 4. The number of hydrogen-bond acceptors (Lipinski definition) is 8. The molecule has 1 N–H and O–H groups in total. The lowest BCUT2D eigenvalue weighted by Crippen LogP contribution is -2.47. The fourth-order valence-corrected chi connectivity index (χ4v) is 4.54. The molecule has 1 saturated heterocycles. The molecule has 4 heterocycles. The molecule has 2 fully saturated rings. The molecular formula is C23H26N8O. The van der Waals surface area contributed by atoms with Crippen molar-refractivity contribution >= 4 is 28.5 Å². The summed E-state index contributed by atoms with van der Waals surface area (Å²) < 4.78 is 2.19. The number of carbonyl (C=O) groups is 1. The third kappa shape index (κ3) is 3.56. The SMILES string of the molecule is CN[C@H]1C[C@H](n2cc(C#N)c3ccc(N4CCN(c5cnc(C(C)=O)cn5)CC4)nc32)C1. The van der Waals surface area contributed by atoms with Gasteiger partial charge < -0.3 is 19.7 Å². The molecule has 32 heavy (non-hydrogen) atoms. The Morgan fingerprint density at radius 2 is 1.81 bits per heavy atom. The highest BCUT2D eigenvalue weighted by Gasteiger charge is 2.31. The molecule has 164 valence electrons. The van der Waals surface area contributed by atoms with E-state index in [0.717, 1.165) is 61.7 Å². The normalized spacial score (nSPS) is 20.8. The van der Waals surface area contributed by atoms with Gasteiger partial charge in [0.2, 0.25) is 0 Å². The molecule has 1 aliphatic carbocycles. The van der Waals surface area contributed by atoms with Crippen LogP contribution in [0.2, 0.25) is 0 Å². The van der Waals surface area contributed by atoms with E-state index in [9.17, 15) is 10.1 Å². The molecule has 9 nitrogen and oxygen atoms in total. The lowest BCUT2D eigenvalue weighted by molar-refractivity contribution is 0.101. The number of Topliss-reactive ketones (excluding diaryl/α,β-unsaturated/α-hetero) is 1. The number of hydrogen-bond donors (Lipinski definition) is 1. The van der Waals surface area contributed by atoms with Crippen LogP contribution in [0.3, 0.4) is 0 Å². The molecule has 0 atom stereocenters. The Kier molecular flexibility index (Phi) is 5.23. The number of pyridine rings is 1. The van der Waals surface area contributed by atoms with E-state index < -0.39 is 0 Å². The van der Waals surface area contributed by atoms with Gasteiger partial charge in [0, 0.05) is 56.8 Å². The first kappa shape index (κ1) is 20.4. The van der Waals surface area contributed by atoms with Gasteiger partial charge in [-0.05, 0) is 32.0 Å². The maximum Gasteiger partial charge on any atom is 0.179 e. The topological polar surface area (TPSA) is 103 Å². The molecule has 0 radical (unpaired) electrons. The second-order valence-electron chi connectivity index (χ2n) is 8.50. The third-order valence-electron chi connectivity index (χ3n) is 6.63. The highest BCUT2D eigenvalue weighted by atomic mass is 16.1. The van der Waals surface area contributed by atoms with Gasteiger partial charge in [0.25, 0.3) is 0 Å². The number of carbonyl (C=O) groups excluding carboxylic acids is 1. The van der Waals surface area contributed by atoms with Crippen molar-refractivity contribution in [2.24, 2.45) is 0 Å². The average Bonchev–Trinajstić information content (AvgIpc) is 3.16. The van der Waals surface area contributed by atoms with E-state index in [4.69, 9.17) is 4.98 Å². The Balaban J connectivity index is 1.33. The van der Waals surface area contributed by atoms with Gasteiger partial charge in [0.05, 0.1) is 18.0 Å². The average molecular weight is 431 g/mol. The number of ketones is 1. The summed E-state index contributed by atoms with van der Waals surface area (Å²) in [4.78, 5) is 29.5. The first-order valence-electron chi connectivity index (χ1n) is 11.0. The van der Waals surface area contributed by atoms with Crippen molar-refractivity contribution in [2.75, 3.05) is 43.0 Å². The smallest absolute Gasteiger partial charge is 0.179 e. The number of piperazine rings is 1. The van der Waals surface area contributed by atoms with Crippen LogP contribution in [-0.2, 0) is 0 Å². The van der Waals surface area contributed by atoms with Crippen LogP contribution >= 0.6 is 0 Å². The number of nitrogens with zero attached hydrogens (tertiary/aromatic N) is 7. The van der Waals surface area contributed by atoms with E-state index >= 15 is 0 Å². The van der Waals surface area contributed by atoms with E-state index in [1.54, 1.807) is 12.4 Å². The Hall–Kier alpha value is -3.51.